The van der Waals surface area contributed by atoms with Gasteiger partial charge in [-0.3, -0.25) is 0 Å². The van der Waals surface area contributed by atoms with Crippen LogP contribution in [-0.2, 0) is 19.4 Å². The van der Waals surface area contributed by atoms with Crippen molar-refractivity contribution in [2.24, 2.45) is 0 Å². The zero-order chi connectivity index (χ0) is 3.58. The van der Waals surface area contributed by atoms with Crippen LogP contribution in [0.2, 0.25) is 0 Å². The summed E-state index contributed by atoms with van der Waals surface area (Å²) in [6.07, 6.45) is 0. The summed E-state index contributed by atoms with van der Waals surface area (Å²) >= 11 is 0. The second-order valence-electron chi connectivity index (χ2n) is 0.217. The fourth-order valence-electron chi connectivity index (χ4n) is 0. The Kier molecular flexibility index (Phi) is 8.67. The molecule has 5 heavy (non-hydrogen) atoms. The van der Waals surface area contributed by atoms with Gasteiger partial charge in [-0.25, -0.2) is 0 Å². The molecule has 0 atom stereocenters. The molecule has 0 heterocycles. The van der Waals surface area contributed by atoms with Gasteiger partial charge in [-0.15, -0.1) is 0 Å². The van der Waals surface area contributed by atoms with Crippen LogP contribution in [0.4, 0.5) is 0 Å². The average Bonchev–Trinajstić information content (AvgIpc) is 0.811. The van der Waals surface area contributed by atoms with Gasteiger partial charge in [0.15, 0.2) is 0 Å². The van der Waals surface area contributed by atoms with E-state index in [9.17, 15) is 0 Å². The maximum atomic E-state index is 8.56. The third kappa shape index (κ3) is 68.8. The first kappa shape index (κ1) is 9.20. The zero-order valence-electron chi connectivity index (χ0n) is 2.67. The molecule has 0 unspecified atom stereocenters. The molecule has 0 aromatic rings. The summed E-state index contributed by atoms with van der Waals surface area (Å²) in [4.78, 5) is 0. The van der Waals surface area contributed by atoms with Gasteiger partial charge in [0.25, 0.3) is 0 Å². The van der Waals surface area contributed by atoms with Crippen molar-refractivity contribution in [1.29, 1.82) is 0 Å². The van der Waals surface area contributed by atoms with Crippen molar-refractivity contribution in [3.8, 4) is 0 Å². The molecule has 0 aromatic heterocycles. The van der Waals surface area contributed by atoms with E-state index in [0.717, 1.165) is 0 Å². The molecule has 0 saturated heterocycles. The van der Waals surface area contributed by atoms with Gasteiger partial charge in [0.05, 0.1) is 0 Å². The van der Waals surface area contributed by atoms with Crippen LogP contribution in [0.5, 0.6) is 0 Å². The van der Waals surface area contributed by atoms with Gasteiger partial charge in [0.2, 0.25) is 0 Å². The summed E-state index contributed by atoms with van der Waals surface area (Å²) in [5.41, 5.74) is 0. The summed E-state index contributed by atoms with van der Waals surface area (Å²) in [5.74, 6) is 0. The Morgan fingerprint density at radius 1 is 1.40 bits per heavy atom. The van der Waals surface area contributed by atoms with E-state index in [1.54, 1.807) is 0 Å². The van der Waals surface area contributed by atoms with E-state index >= 15 is 0 Å². The molecule has 3 nitrogen and oxygen atoms in total. The first-order valence-corrected chi connectivity index (χ1v) is 1.55. The van der Waals surface area contributed by atoms with E-state index < -0.39 is 11.0 Å². The molecule has 0 saturated carbocycles. The summed E-state index contributed by atoms with van der Waals surface area (Å²) < 4.78 is 24.1. The molecular formula is H4O3SSn. The molecule has 5 heteroatoms. The normalized spacial score (nSPS) is 6.80. The van der Waals surface area contributed by atoms with Gasteiger partial charge < -0.3 is 13.0 Å². The van der Waals surface area contributed by atoms with Crippen molar-refractivity contribution in [2.45, 2.75) is 0 Å². The van der Waals surface area contributed by atoms with Crippen LogP contribution < -0.4 is 0 Å². The Morgan fingerprint density at radius 2 is 1.40 bits per heavy atom. The SMILES string of the molecule is O=[S-](=O)O.[SnH3+]. The molecular weight excluding hydrogens is 199 g/mol. The summed E-state index contributed by atoms with van der Waals surface area (Å²) in [6.45, 7) is 0. The van der Waals surface area contributed by atoms with E-state index in [-0.39, 0.29) is 23.9 Å². The van der Waals surface area contributed by atoms with Gasteiger partial charge in [-0.1, -0.05) is 0 Å². The second kappa shape index (κ2) is 4.71. The summed E-state index contributed by atoms with van der Waals surface area (Å²) in [7, 11) is -2.86. The second-order valence-corrected chi connectivity index (χ2v) is 0.651. The fourth-order valence-corrected chi connectivity index (χ4v) is 0. The van der Waals surface area contributed by atoms with Crippen LogP contribution in [0.25, 0.3) is 0 Å². The van der Waals surface area contributed by atoms with Gasteiger partial charge in [0, 0.05) is 11.0 Å². The van der Waals surface area contributed by atoms with Crippen LogP contribution in [0.15, 0.2) is 0 Å². The van der Waals surface area contributed by atoms with E-state index in [4.69, 9.17) is 13.0 Å². The Bertz CT molecular complexity index is 55.3. The van der Waals surface area contributed by atoms with Crippen LogP contribution in [-0.4, -0.2) is 28.5 Å². The van der Waals surface area contributed by atoms with Crippen molar-refractivity contribution in [1.82, 2.24) is 0 Å². The Labute approximate surface area is 48.1 Å². The van der Waals surface area contributed by atoms with Gasteiger partial charge in [-0.05, 0) is 0 Å². The Hall–Kier alpha value is 0.709. The molecule has 0 bridgehead atoms. The van der Waals surface area contributed by atoms with Crippen molar-refractivity contribution < 1.29 is 13.0 Å². The Balaban J connectivity index is 0. The quantitative estimate of drug-likeness (QED) is 0.227. The van der Waals surface area contributed by atoms with Crippen molar-refractivity contribution in [3.63, 3.8) is 0 Å². The van der Waals surface area contributed by atoms with Crippen molar-refractivity contribution in [2.75, 3.05) is 0 Å². The third-order valence-corrected chi connectivity index (χ3v) is 0. The molecule has 1 N–H and O–H groups in total. The first-order valence-electron chi connectivity index (χ1n) is 0.516. The molecule has 0 radical (unpaired) electrons. The van der Waals surface area contributed by atoms with Crippen molar-refractivity contribution >= 4 is 34.9 Å². The number of hydrogen-bond donors (Lipinski definition) is 1. The predicted octanol–water partition coefficient (Wildman–Crippen LogP) is -1.42. The summed E-state index contributed by atoms with van der Waals surface area (Å²) in [5, 5.41) is 0. The fraction of sp³-hybridized carbons (Fsp3) is 0. The van der Waals surface area contributed by atoms with E-state index in [1.807, 2.05) is 0 Å². The van der Waals surface area contributed by atoms with Gasteiger partial charge >= 0.3 is 23.9 Å². The van der Waals surface area contributed by atoms with Gasteiger partial charge in [0.1, 0.15) is 0 Å². The molecule has 0 aromatic carbocycles. The zero-order valence-corrected chi connectivity index (χ0v) is 9.20. The Morgan fingerprint density at radius 3 is 1.40 bits per heavy atom. The molecule has 0 rings (SSSR count). The monoisotopic (exact) mass is 204 g/mol. The topological polar surface area (TPSA) is 54.4 Å². The van der Waals surface area contributed by atoms with Crippen molar-refractivity contribution in [3.05, 3.63) is 0 Å². The molecule has 0 spiro atoms. The molecule has 0 fully saturated rings. The summed E-state index contributed by atoms with van der Waals surface area (Å²) in [6, 6.07) is 0. The molecule has 0 amide bonds. The third-order valence-electron chi connectivity index (χ3n) is 0. The molecule has 0 aliphatic heterocycles. The minimum absolute atomic E-state index is 0. The van der Waals surface area contributed by atoms with Crippen LogP contribution in [0, 0.1) is 0 Å². The predicted molar refractivity (Wildman–Crippen MR) is 21.3 cm³/mol. The standard InChI is InChI=1S/HO3S.Sn.3H/c1-4(2)3;;;;/h(H,1,2,3);;;;/q-1;+1;;;. The minimum atomic E-state index is -2.86. The van der Waals surface area contributed by atoms with Crippen LogP contribution in [0.1, 0.15) is 0 Å². The molecule has 0 aliphatic carbocycles. The first-order chi connectivity index (χ1) is 1.73. The van der Waals surface area contributed by atoms with E-state index in [2.05, 4.69) is 0 Å². The van der Waals surface area contributed by atoms with E-state index in [1.165, 1.54) is 0 Å². The van der Waals surface area contributed by atoms with Crippen LogP contribution in [0.3, 0.4) is 0 Å². The van der Waals surface area contributed by atoms with E-state index in [0.29, 0.717) is 0 Å². The van der Waals surface area contributed by atoms with Crippen LogP contribution >= 0.6 is 0 Å². The molecule has 0 aliphatic rings. The maximum absolute atomic E-state index is 8.56. The number of hydrogen-bond acceptors (Lipinski definition) is 3. The van der Waals surface area contributed by atoms with Gasteiger partial charge in [-0.2, -0.15) is 0 Å². The number of rotatable bonds is 0. The average molecular weight is 203 g/mol. The molecule has 32 valence electrons.